The van der Waals surface area contributed by atoms with Gasteiger partial charge in [0, 0.05) is 42.5 Å². The Kier molecular flexibility index (Phi) is 5.53. The number of aryl methyl sites for hydroxylation is 2. The third kappa shape index (κ3) is 4.54. The predicted octanol–water partition coefficient (Wildman–Crippen LogP) is 2.81. The average molecular weight is 455 g/mol. The van der Waals surface area contributed by atoms with E-state index in [1.165, 1.54) is 19.2 Å². The number of H-pyrrole nitrogens is 1. The van der Waals surface area contributed by atoms with Crippen LogP contribution in [0, 0.1) is 6.92 Å². The molecular formula is C20H22N8O3S. The van der Waals surface area contributed by atoms with Crippen LogP contribution in [-0.4, -0.2) is 51.7 Å². The monoisotopic (exact) mass is 454 g/mol. The second-order valence-electron chi connectivity index (χ2n) is 7.16. The molecule has 0 aliphatic rings. The van der Waals surface area contributed by atoms with Crippen LogP contribution in [0.1, 0.15) is 5.69 Å². The topological polar surface area (TPSA) is 140 Å². The highest BCUT2D eigenvalue weighted by atomic mass is 32.2. The number of hydrogen-bond acceptors (Lipinski definition) is 9. The summed E-state index contributed by atoms with van der Waals surface area (Å²) in [6.07, 6.45) is 4.66. The minimum atomic E-state index is -3.29. The molecule has 3 heterocycles. The molecule has 0 atom stereocenters. The number of aromatic nitrogens is 6. The number of aromatic amines is 1. The molecule has 12 heteroatoms. The number of nitrogens with one attached hydrogen (secondary N) is 3. The SMILES string of the molecule is COc1c(Nc2cc(C)[nH]n2)nc(Nc2ccc(S(C)(=O)=O)cc2)nc1-c1cnn(C)c1. The first-order chi connectivity index (χ1) is 15.2. The molecule has 3 aromatic heterocycles. The number of sulfone groups is 1. The van der Waals surface area contributed by atoms with E-state index in [2.05, 4.69) is 35.9 Å². The second-order valence-corrected chi connectivity index (χ2v) is 9.18. The quantitative estimate of drug-likeness (QED) is 0.384. The zero-order valence-electron chi connectivity index (χ0n) is 17.9. The molecule has 0 radical (unpaired) electrons. The summed E-state index contributed by atoms with van der Waals surface area (Å²) in [6, 6.07) is 8.18. The largest absolute Gasteiger partial charge is 0.491 e. The Labute approximate surface area is 184 Å². The van der Waals surface area contributed by atoms with Crippen LogP contribution in [0.25, 0.3) is 11.3 Å². The van der Waals surface area contributed by atoms with Gasteiger partial charge in [-0.3, -0.25) is 9.78 Å². The summed E-state index contributed by atoms with van der Waals surface area (Å²) in [6.45, 7) is 1.89. The fraction of sp³-hybridized carbons (Fsp3) is 0.200. The van der Waals surface area contributed by atoms with Gasteiger partial charge in [0.15, 0.2) is 27.2 Å². The number of benzene rings is 1. The Morgan fingerprint density at radius 3 is 2.44 bits per heavy atom. The van der Waals surface area contributed by atoms with Crippen molar-refractivity contribution < 1.29 is 13.2 Å². The summed E-state index contributed by atoms with van der Waals surface area (Å²) in [5.74, 6) is 1.69. The smallest absolute Gasteiger partial charge is 0.230 e. The van der Waals surface area contributed by atoms with Crippen molar-refractivity contribution in [2.45, 2.75) is 11.8 Å². The van der Waals surface area contributed by atoms with Gasteiger partial charge in [0.1, 0.15) is 5.69 Å². The Bertz CT molecular complexity index is 1360. The number of anilines is 4. The van der Waals surface area contributed by atoms with Crippen LogP contribution in [0.4, 0.5) is 23.3 Å². The Hall–Kier alpha value is -3.93. The predicted molar refractivity (Wildman–Crippen MR) is 120 cm³/mol. The molecule has 0 bridgehead atoms. The van der Waals surface area contributed by atoms with E-state index in [-0.39, 0.29) is 10.8 Å². The molecule has 1 aromatic carbocycles. The first-order valence-corrected chi connectivity index (χ1v) is 11.4. The summed E-state index contributed by atoms with van der Waals surface area (Å²) in [5.41, 5.74) is 2.78. The molecule has 0 aliphatic carbocycles. The third-order valence-corrected chi connectivity index (χ3v) is 5.67. The van der Waals surface area contributed by atoms with E-state index in [9.17, 15) is 8.42 Å². The van der Waals surface area contributed by atoms with Crippen LogP contribution in [-0.2, 0) is 16.9 Å². The normalized spacial score (nSPS) is 11.4. The lowest BCUT2D eigenvalue weighted by Gasteiger charge is -2.14. The van der Waals surface area contributed by atoms with Gasteiger partial charge < -0.3 is 15.4 Å². The molecule has 166 valence electrons. The van der Waals surface area contributed by atoms with E-state index in [1.807, 2.05) is 26.2 Å². The van der Waals surface area contributed by atoms with Gasteiger partial charge in [-0.15, -0.1) is 0 Å². The van der Waals surface area contributed by atoms with Crippen molar-refractivity contribution in [3.8, 4) is 17.0 Å². The second kappa shape index (κ2) is 8.30. The molecule has 0 aliphatic heterocycles. The van der Waals surface area contributed by atoms with Crippen LogP contribution >= 0.6 is 0 Å². The summed E-state index contributed by atoms with van der Waals surface area (Å²) in [7, 11) is 0.0631. The van der Waals surface area contributed by atoms with Crippen LogP contribution in [0.3, 0.4) is 0 Å². The molecule has 4 aromatic rings. The van der Waals surface area contributed by atoms with E-state index in [0.717, 1.165) is 17.5 Å². The number of methoxy groups -OCH3 is 1. The molecule has 3 N–H and O–H groups in total. The van der Waals surface area contributed by atoms with Crippen molar-refractivity contribution in [1.82, 2.24) is 29.9 Å². The maximum Gasteiger partial charge on any atom is 0.230 e. The van der Waals surface area contributed by atoms with Gasteiger partial charge in [-0.05, 0) is 31.2 Å². The van der Waals surface area contributed by atoms with Crippen LogP contribution < -0.4 is 15.4 Å². The zero-order valence-corrected chi connectivity index (χ0v) is 18.7. The van der Waals surface area contributed by atoms with Gasteiger partial charge >= 0.3 is 0 Å². The summed E-state index contributed by atoms with van der Waals surface area (Å²) >= 11 is 0. The molecule has 0 saturated heterocycles. The van der Waals surface area contributed by atoms with Gasteiger partial charge in [0.2, 0.25) is 5.95 Å². The standard InChI is InChI=1S/C20H22N8O3S/c1-12-9-16(27-26-12)23-19-18(31-3)17(13-10-21-28(2)11-13)24-20(25-19)22-14-5-7-15(8-6-14)32(4,29)30/h5-11H,1-4H3,(H3,22,23,24,25,26,27). The van der Waals surface area contributed by atoms with Crippen molar-refractivity contribution >= 4 is 33.1 Å². The lowest BCUT2D eigenvalue weighted by molar-refractivity contribution is 0.415. The summed E-state index contributed by atoms with van der Waals surface area (Å²) in [5, 5.41) is 17.5. The lowest BCUT2D eigenvalue weighted by Crippen LogP contribution is -2.06. The van der Waals surface area contributed by atoms with Crippen molar-refractivity contribution in [2.75, 3.05) is 24.0 Å². The minimum Gasteiger partial charge on any atom is -0.491 e. The summed E-state index contributed by atoms with van der Waals surface area (Å²) in [4.78, 5) is 9.39. The molecule has 0 saturated carbocycles. The van der Waals surface area contributed by atoms with E-state index in [0.29, 0.717) is 28.8 Å². The van der Waals surface area contributed by atoms with Crippen LogP contribution in [0.15, 0.2) is 47.6 Å². The van der Waals surface area contributed by atoms with Crippen LogP contribution in [0.5, 0.6) is 5.75 Å². The van der Waals surface area contributed by atoms with E-state index in [4.69, 9.17) is 4.74 Å². The van der Waals surface area contributed by atoms with Crippen LogP contribution in [0.2, 0.25) is 0 Å². The molecule has 11 nitrogen and oxygen atoms in total. The van der Waals surface area contributed by atoms with Gasteiger partial charge in [-0.25, -0.2) is 13.4 Å². The summed E-state index contributed by atoms with van der Waals surface area (Å²) < 4.78 is 30.7. The molecular weight excluding hydrogens is 432 g/mol. The van der Waals surface area contributed by atoms with Gasteiger partial charge in [-0.1, -0.05) is 0 Å². The molecule has 0 unspecified atom stereocenters. The minimum absolute atomic E-state index is 0.228. The molecule has 4 rings (SSSR count). The Morgan fingerprint density at radius 1 is 1.12 bits per heavy atom. The van der Waals surface area contributed by atoms with Gasteiger partial charge in [0.25, 0.3) is 0 Å². The molecule has 0 spiro atoms. The first-order valence-electron chi connectivity index (χ1n) is 9.54. The number of nitrogens with zero attached hydrogens (tertiary/aromatic N) is 5. The highest BCUT2D eigenvalue weighted by molar-refractivity contribution is 7.90. The first kappa shape index (κ1) is 21.3. The number of hydrogen-bond donors (Lipinski definition) is 3. The average Bonchev–Trinajstić information content (AvgIpc) is 3.35. The van der Waals surface area contributed by atoms with Crippen molar-refractivity contribution in [3.05, 3.63) is 48.4 Å². The molecule has 0 fully saturated rings. The van der Waals surface area contributed by atoms with Crippen molar-refractivity contribution in [2.24, 2.45) is 7.05 Å². The lowest BCUT2D eigenvalue weighted by atomic mass is 10.2. The fourth-order valence-electron chi connectivity index (χ4n) is 3.04. The third-order valence-electron chi connectivity index (χ3n) is 4.54. The number of rotatable bonds is 7. The molecule has 32 heavy (non-hydrogen) atoms. The maximum absolute atomic E-state index is 11.7. The fourth-order valence-corrected chi connectivity index (χ4v) is 3.67. The van der Waals surface area contributed by atoms with Crippen molar-refractivity contribution in [3.63, 3.8) is 0 Å². The van der Waals surface area contributed by atoms with Gasteiger partial charge in [0.05, 0.1) is 18.2 Å². The van der Waals surface area contributed by atoms with Gasteiger partial charge in [-0.2, -0.15) is 15.2 Å². The zero-order chi connectivity index (χ0) is 22.9. The van der Waals surface area contributed by atoms with E-state index >= 15 is 0 Å². The maximum atomic E-state index is 11.7. The Balaban J connectivity index is 1.76. The highest BCUT2D eigenvalue weighted by Crippen LogP contribution is 2.36. The Morgan fingerprint density at radius 2 is 1.88 bits per heavy atom. The highest BCUT2D eigenvalue weighted by Gasteiger charge is 2.19. The van der Waals surface area contributed by atoms with Crippen molar-refractivity contribution in [1.29, 1.82) is 0 Å². The molecule has 0 amide bonds. The van der Waals surface area contributed by atoms with E-state index < -0.39 is 9.84 Å². The number of ether oxygens (including phenoxy) is 1. The van der Waals surface area contributed by atoms with E-state index in [1.54, 1.807) is 23.0 Å².